The van der Waals surface area contributed by atoms with Gasteiger partial charge in [0, 0.05) is 13.1 Å². The lowest BCUT2D eigenvalue weighted by Gasteiger charge is -2.12. The molecule has 0 aliphatic carbocycles. The largest absolute Gasteiger partial charge is 0.490 e. The highest BCUT2D eigenvalue weighted by Gasteiger charge is 2.08. The number of imidazole rings is 1. The smallest absolute Gasteiger partial charge is 0.162 e. The number of hydrogen-bond donors (Lipinski definition) is 0. The average molecular weight is 257 g/mol. The first kappa shape index (κ1) is 13.0. The fraction of sp³-hybridized carbons (Fsp3) is 0.286. The van der Waals surface area contributed by atoms with Crippen molar-refractivity contribution in [3.63, 3.8) is 0 Å². The number of aryl methyl sites for hydroxylation is 1. The van der Waals surface area contributed by atoms with Crippen LogP contribution in [0.1, 0.15) is 18.2 Å². The number of benzene rings is 1. The minimum atomic E-state index is 0.405. The monoisotopic (exact) mass is 257 g/mol. The Labute approximate surface area is 112 Å². The Morgan fingerprint density at radius 3 is 2.79 bits per heavy atom. The molecule has 0 spiro atoms. The molecule has 1 aromatic carbocycles. The molecule has 2 rings (SSSR count). The summed E-state index contributed by atoms with van der Waals surface area (Å²) >= 11 is 0. The number of rotatable bonds is 5. The van der Waals surface area contributed by atoms with E-state index in [1.165, 1.54) is 0 Å². The van der Waals surface area contributed by atoms with Gasteiger partial charge in [-0.1, -0.05) is 0 Å². The lowest BCUT2D eigenvalue weighted by atomic mass is 10.2. The van der Waals surface area contributed by atoms with Crippen molar-refractivity contribution in [3.05, 3.63) is 42.0 Å². The quantitative estimate of drug-likeness (QED) is 0.824. The van der Waals surface area contributed by atoms with Crippen LogP contribution in [-0.2, 0) is 13.7 Å². The molecule has 0 saturated carbocycles. The minimum absolute atomic E-state index is 0.405. The van der Waals surface area contributed by atoms with Gasteiger partial charge in [0.05, 0.1) is 36.5 Å². The van der Waals surface area contributed by atoms with E-state index in [1.54, 1.807) is 30.7 Å². The number of ether oxygens (including phenoxy) is 2. The molecule has 0 bridgehead atoms. The highest BCUT2D eigenvalue weighted by atomic mass is 16.5. The lowest BCUT2D eigenvalue weighted by Crippen LogP contribution is -2.03. The SMILES string of the molecule is CCOc1cc(C#N)ccc1OCc1cncn1C. The number of nitriles is 1. The molecule has 0 amide bonds. The van der Waals surface area contributed by atoms with Gasteiger partial charge in [0.15, 0.2) is 11.5 Å². The molecule has 1 aromatic heterocycles. The van der Waals surface area contributed by atoms with Crippen molar-refractivity contribution in [3.8, 4) is 17.6 Å². The summed E-state index contributed by atoms with van der Waals surface area (Å²) in [5, 5.41) is 8.88. The number of aromatic nitrogens is 2. The predicted molar refractivity (Wildman–Crippen MR) is 69.9 cm³/mol. The lowest BCUT2D eigenvalue weighted by molar-refractivity contribution is 0.264. The van der Waals surface area contributed by atoms with Gasteiger partial charge < -0.3 is 14.0 Å². The number of nitrogens with zero attached hydrogens (tertiary/aromatic N) is 3. The summed E-state index contributed by atoms with van der Waals surface area (Å²) in [7, 11) is 1.91. The Morgan fingerprint density at radius 1 is 1.32 bits per heavy atom. The molecule has 0 N–H and O–H groups in total. The molecule has 0 fully saturated rings. The summed E-state index contributed by atoms with van der Waals surface area (Å²) in [6, 6.07) is 7.22. The zero-order valence-corrected chi connectivity index (χ0v) is 11.0. The highest BCUT2D eigenvalue weighted by Crippen LogP contribution is 2.28. The standard InChI is InChI=1S/C14H15N3O2/c1-3-18-14-6-11(7-15)4-5-13(14)19-9-12-8-16-10-17(12)2/h4-6,8,10H,3,9H2,1-2H3. The molecule has 5 heteroatoms. The summed E-state index contributed by atoms with van der Waals surface area (Å²) in [6.45, 7) is 2.82. The summed E-state index contributed by atoms with van der Waals surface area (Å²) < 4.78 is 13.1. The van der Waals surface area contributed by atoms with Crippen LogP contribution in [0.3, 0.4) is 0 Å². The number of hydrogen-bond acceptors (Lipinski definition) is 4. The van der Waals surface area contributed by atoms with Crippen LogP contribution < -0.4 is 9.47 Å². The molecule has 0 atom stereocenters. The van der Waals surface area contributed by atoms with Crippen LogP contribution in [0, 0.1) is 11.3 Å². The molecule has 2 aromatic rings. The third-order valence-corrected chi connectivity index (χ3v) is 2.66. The van der Waals surface area contributed by atoms with E-state index in [4.69, 9.17) is 14.7 Å². The second kappa shape index (κ2) is 5.91. The predicted octanol–water partition coefficient (Wildman–Crippen LogP) is 2.27. The summed E-state index contributed by atoms with van der Waals surface area (Å²) in [5.41, 5.74) is 1.52. The Balaban J connectivity index is 2.15. The van der Waals surface area contributed by atoms with Crippen LogP contribution in [0.2, 0.25) is 0 Å². The fourth-order valence-electron chi connectivity index (χ4n) is 1.64. The van der Waals surface area contributed by atoms with Gasteiger partial charge in [-0.3, -0.25) is 0 Å². The Morgan fingerprint density at radius 2 is 2.16 bits per heavy atom. The normalized spacial score (nSPS) is 9.95. The van der Waals surface area contributed by atoms with Gasteiger partial charge in [0.25, 0.3) is 0 Å². The molecule has 0 aliphatic heterocycles. The minimum Gasteiger partial charge on any atom is -0.490 e. The van der Waals surface area contributed by atoms with Crippen LogP contribution in [0.5, 0.6) is 11.5 Å². The van der Waals surface area contributed by atoms with E-state index in [0.717, 1.165) is 5.69 Å². The Kier molecular flexibility index (Phi) is 4.04. The third kappa shape index (κ3) is 3.05. The molecule has 5 nitrogen and oxygen atoms in total. The van der Waals surface area contributed by atoms with Crippen molar-refractivity contribution in [1.29, 1.82) is 5.26 Å². The van der Waals surface area contributed by atoms with Crippen molar-refractivity contribution in [2.75, 3.05) is 6.61 Å². The van der Waals surface area contributed by atoms with Gasteiger partial charge >= 0.3 is 0 Å². The molecule has 0 saturated heterocycles. The van der Waals surface area contributed by atoms with Gasteiger partial charge in [-0.25, -0.2) is 4.98 Å². The van der Waals surface area contributed by atoms with Crippen molar-refractivity contribution in [2.45, 2.75) is 13.5 Å². The first-order valence-electron chi connectivity index (χ1n) is 5.99. The van der Waals surface area contributed by atoms with Crippen molar-refractivity contribution in [1.82, 2.24) is 9.55 Å². The Hall–Kier alpha value is -2.48. The van der Waals surface area contributed by atoms with Crippen LogP contribution in [-0.4, -0.2) is 16.2 Å². The van der Waals surface area contributed by atoms with E-state index in [1.807, 2.05) is 18.5 Å². The van der Waals surface area contributed by atoms with Crippen LogP contribution in [0.15, 0.2) is 30.7 Å². The molecule has 98 valence electrons. The van der Waals surface area contributed by atoms with Gasteiger partial charge in [-0.15, -0.1) is 0 Å². The molecule has 0 unspecified atom stereocenters. The highest BCUT2D eigenvalue weighted by molar-refractivity contribution is 5.46. The van der Waals surface area contributed by atoms with Crippen LogP contribution >= 0.6 is 0 Å². The topological polar surface area (TPSA) is 60.1 Å². The maximum atomic E-state index is 8.88. The summed E-state index contributed by atoms with van der Waals surface area (Å²) in [4.78, 5) is 4.03. The van der Waals surface area contributed by atoms with Crippen molar-refractivity contribution < 1.29 is 9.47 Å². The van der Waals surface area contributed by atoms with Gasteiger partial charge in [-0.05, 0) is 19.1 Å². The van der Waals surface area contributed by atoms with Crippen molar-refractivity contribution >= 4 is 0 Å². The van der Waals surface area contributed by atoms with E-state index in [2.05, 4.69) is 11.1 Å². The molecule has 19 heavy (non-hydrogen) atoms. The molecule has 1 heterocycles. The fourth-order valence-corrected chi connectivity index (χ4v) is 1.64. The van der Waals surface area contributed by atoms with E-state index in [-0.39, 0.29) is 0 Å². The van der Waals surface area contributed by atoms with Crippen molar-refractivity contribution in [2.24, 2.45) is 7.05 Å². The van der Waals surface area contributed by atoms with Gasteiger partial charge in [0.1, 0.15) is 6.61 Å². The van der Waals surface area contributed by atoms with Gasteiger partial charge in [0.2, 0.25) is 0 Å². The van der Waals surface area contributed by atoms with E-state index in [0.29, 0.717) is 30.3 Å². The maximum absolute atomic E-state index is 8.88. The summed E-state index contributed by atoms with van der Waals surface area (Å²) in [5.74, 6) is 1.21. The van der Waals surface area contributed by atoms with E-state index >= 15 is 0 Å². The van der Waals surface area contributed by atoms with Crippen LogP contribution in [0.4, 0.5) is 0 Å². The molecular weight excluding hydrogens is 242 g/mol. The Bertz CT molecular complexity index is 599. The zero-order valence-electron chi connectivity index (χ0n) is 11.0. The molecule has 0 radical (unpaired) electrons. The van der Waals surface area contributed by atoms with Gasteiger partial charge in [-0.2, -0.15) is 5.26 Å². The second-order valence-electron chi connectivity index (χ2n) is 3.99. The van der Waals surface area contributed by atoms with E-state index in [9.17, 15) is 0 Å². The maximum Gasteiger partial charge on any atom is 0.162 e. The average Bonchev–Trinajstić information content (AvgIpc) is 2.83. The third-order valence-electron chi connectivity index (χ3n) is 2.66. The van der Waals surface area contributed by atoms with E-state index < -0.39 is 0 Å². The summed E-state index contributed by atoms with van der Waals surface area (Å²) in [6.07, 6.45) is 3.48. The van der Waals surface area contributed by atoms with Crippen LogP contribution in [0.25, 0.3) is 0 Å². The zero-order chi connectivity index (χ0) is 13.7. The molecule has 0 aliphatic rings. The second-order valence-corrected chi connectivity index (χ2v) is 3.99. The molecular formula is C14H15N3O2. The first-order valence-corrected chi connectivity index (χ1v) is 5.99. The first-order chi connectivity index (χ1) is 9.24.